The second kappa shape index (κ2) is 8.71. The van der Waals surface area contributed by atoms with Crippen molar-refractivity contribution in [2.45, 2.75) is 12.8 Å². The third-order valence-corrected chi connectivity index (χ3v) is 1.66. The van der Waals surface area contributed by atoms with Gasteiger partial charge in [-0.2, -0.15) is 5.01 Å². The molecule has 0 aliphatic carbocycles. The Labute approximate surface area is 87.2 Å². The Balaban J connectivity index is 3.64. The van der Waals surface area contributed by atoms with Crippen molar-refractivity contribution in [2.75, 3.05) is 25.6 Å². The summed E-state index contributed by atoms with van der Waals surface area (Å²) in [6.45, 7) is 0.595. The van der Waals surface area contributed by atoms with Crippen LogP contribution in [0.2, 0.25) is 0 Å². The van der Waals surface area contributed by atoms with Crippen LogP contribution in [0.15, 0.2) is 5.29 Å². The van der Waals surface area contributed by atoms with Gasteiger partial charge in [-0.05, 0) is 12.8 Å². The minimum atomic E-state index is -0.557. The Morgan fingerprint density at radius 2 is 2.21 bits per heavy atom. The molecule has 0 atom stereocenters. The van der Waals surface area contributed by atoms with Crippen molar-refractivity contribution in [3.05, 3.63) is 4.91 Å². The predicted molar refractivity (Wildman–Crippen MR) is 52.9 cm³/mol. The van der Waals surface area contributed by atoms with Gasteiger partial charge in [0, 0.05) is 19.0 Å². The van der Waals surface area contributed by atoms with Crippen LogP contribution in [0.5, 0.6) is 0 Å². The molecule has 82 valence electrons. The molecule has 0 saturated carbocycles. The molecule has 0 aliphatic heterocycles. The molecule has 2 amide bonds. The fraction of sp³-hybridized carbons (Fsp3) is 0.857. The second-order valence-electron chi connectivity index (χ2n) is 2.56. The molecule has 0 fully saturated rings. The van der Waals surface area contributed by atoms with Gasteiger partial charge in [-0.3, -0.25) is 0 Å². The van der Waals surface area contributed by atoms with Gasteiger partial charge in [-0.1, -0.05) is 0 Å². The highest BCUT2D eigenvalue weighted by Crippen LogP contribution is 1.92. The van der Waals surface area contributed by atoms with Gasteiger partial charge in [-0.25, -0.2) is 4.79 Å². The molecule has 0 aromatic heterocycles. The van der Waals surface area contributed by atoms with E-state index in [9.17, 15) is 9.70 Å². The molecule has 0 rings (SSSR count). The van der Waals surface area contributed by atoms with Crippen molar-refractivity contribution in [1.82, 2.24) is 10.3 Å². The van der Waals surface area contributed by atoms with Crippen LogP contribution in [0.1, 0.15) is 12.8 Å². The summed E-state index contributed by atoms with van der Waals surface area (Å²) < 4.78 is 0. The highest BCUT2D eigenvalue weighted by Gasteiger charge is 2.11. The fourth-order valence-electron chi connectivity index (χ4n) is 0.783. The third-order valence-electron chi connectivity index (χ3n) is 1.49. The molecule has 0 aromatic rings. The summed E-state index contributed by atoms with van der Waals surface area (Å²) in [7, 11) is 0. The van der Waals surface area contributed by atoms with E-state index in [2.05, 4.69) is 10.6 Å². The molecule has 0 aromatic carbocycles. The van der Waals surface area contributed by atoms with Crippen molar-refractivity contribution in [1.29, 1.82) is 0 Å². The number of amides is 2. The van der Waals surface area contributed by atoms with Crippen molar-refractivity contribution in [2.24, 2.45) is 5.29 Å². The average molecular weight is 224 g/mol. The number of hydrogen-bond acceptors (Lipinski definition) is 4. The zero-order valence-electron chi connectivity index (χ0n) is 7.78. The van der Waals surface area contributed by atoms with Gasteiger partial charge < -0.3 is 10.4 Å². The standard InChI is InChI=1S/C7H14ClN3O3/c8-3-5-11(10-14)7(13)9-4-1-2-6-12/h12H,1-6H2,(H,9,13). The Bertz CT molecular complexity index is 180. The second-order valence-corrected chi connectivity index (χ2v) is 2.93. The minimum Gasteiger partial charge on any atom is -0.396 e. The van der Waals surface area contributed by atoms with Crippen LogP contribution >= 0.6 is 11.6 Å². The first kappa shape index (κ1) is 13.1. The number of carbonyl (C=O) groups is 1. The highest BCUT2D eigenvalue weighted by atomic mass is 35.5. The molecule has 0 unspecified atom stereocenters. The Kier molecular flexibility index (Phi) is 8.16. The summed E-state index contributed by atoms with van der Waals surface area (Å²) >= 11 is 5.35. The van der Waals surface area contributed by atoms with Gasteiger partial charge in [0.05, 0.1) is 11.8 Å². The molecule has 0 saturated heterocycles. The van der Waals surface area contributed by atoms with E-state index in [-0.39, 0.29) is 19.0 Å². The summed E-state index contributed by atoms with van der Waals surface area (Å²) in [4.78, 5) is 21.3. The van der Waals surface area contributed by atoms with Gasteiger partial charge in [0.15, 0.2) is 0 Å². The molecule has 7 heteroatoms. The fourth-order valence-corrected chi connectivity index (χ4v) is 0.943. The number of aliphatic hydroxyl groups excluding tert-OH is 1. The largest absolute Gasteiger partial charge is 0.396 e. The first-order valence-electron chi connectivity index (χ1n) is 4.31. The van der Waals surface area contributed by atoms with Crippen LogP contribution in [0.25, 0.3) is 0 Å². The van der Waals surface area contributed by atoms with E-state index in [0.717, 1.165) is 5.01 Å². The number of rotatable bonds is 7. The summed E-state index contributed by atoms with van der Waals surface area (Å²) in [5.41, 5.74) is 0. The molecule has 0 heterocycles. The Morgan fingerprint density at radius 3 is 2.71 bits per heavy atom. The lowest BCUT2D eigenvalue weighted by atomic mass is 10.3. The number of halogens is 1. The Hall–Kier alpha value is -0.880. The monoisotopic (exact) mass is 223 g/mol. The first-order valence-corrected chi connectivity index (χ1v) is 4.85. The van der Waals surface area contributed by atoms with Crippen molar-refractivity contribution in [3.8, 4) is 0 Å². The zero-order chi connectivity index (χ0) is 10.8. The van der Waals surface area contributed by atoms with Gasteiger partial charge in [0.25, 0.3) is 0 Å². The number of nitroso groups, excluding NO2 is 1. The van der Waals surface area contributed by atoms with Gasteiger partial charge in [-0.15, -0.1) is 16.5 Å². The number of aliphatic hydroxyl groups is 1. The predicted octanol–water partition coefficient (Wildman–Crippen LogP) is 0.691. The Morgan fingerprint density at radius 1 is 1.50 bits per heavy atom. The molecule has 2 N–H and O–H groups in total. The number of urea groups is 1. The van der Waals surface area contributed by atoms with E-state index in [1.165, 1.54) is 0 Å². The topological polar surface area (TPSA) is 82.0 Å². The lowest BCUT2D eigenvalue weighted by Crippen LogP contribution is -2.37. The molecule has 0 aliphatic rings. The van der Waals surface area contributed by atoms with Crippen molar-refractivity contribution < 1.29 is 9.90 Å². The molecule has 14 heavy (non-hydrogen) atoms. The normalized spacial score (nSPS) is 9.57. The highest BCUT2D eigenvalue weighted by molar-refractivity contribution is 6.18. The number of nitrogens with one attached hydrogen (secondary N) is 1. The first-order chi connectivity index (χ1) is 6.76. The molecule has 0 spiro atoms. The van der Waals surface area contributed by atoms with E-state index in [1.54, 1.807) is 0 Å². The van der Waals surface area contributed by atoms with Crippen LogP contribution in [0, 0.1) is 4.91 Å². The number of nitrogens with zero attached hydrogens (tertiary/aromatic N) is 2. The zero-order valence-corrected chi connectivity index (χ0v) is 8.53. The van der Waals surface area contributed by atoms with Gasteiger partial charge in [0.2, 0.25) is 0 Å². The SMILES string of the molecule is O=NN(CCCl)C(=O)NCCCCO. The van der Waals surface area contributed by atoms with Crippen molar-refractivity contribution >= 4 is 17.6 Å². The number of carbonyl (C=O) groups excluding carboxylic acids is 1. The average Bonchev–Trinajstić information content (AvgIpc) is 2.20. The van der Waals surface area contributed by atoms with Crippen LogP contribution in [-0.4, -0.2) is 41.7 Å². The molecular formula is C7H14ClN3O3. The minimum absolute atomic E-state index is 0.0905. The molecule has 0 radical (unpaired) electrons. The van der Waals surface area contributed by atoms with Gasteiger partial charge in [0.1, 0.15) is 0 Å². The third kappa shape index (κ3) is 5.71. The maximum Gasteiger partial charge on any atom is 0.340 e. The van der Waals surface area contributed by atoms with Crippen LogP contribution in [0.3, 0.4) is 0 Å². The van der Waals surface area contributed by atoms with Crippen LogP contribution in [-0.2, 0) is 0 Å². The van der Waals surface area contributed by atoms with Gasteiger partial charge >= 0.3 is 6.03 Å². The van der Waals surface area contributed by atoms with E-state index in [4.69, 9.17) is 16.7 Å². The van der Waals surface area contributed by atoms with Crippen molar-refractivity contribution in [3.63, 3.8) is 0 Å². The molecule has 0 bridgehead atoms. The smallest absolute Gasteiger partial charge is 0.340 e. The van der Waals surface area contributed by atoms with E-state index in [0.29, 0.717) is 19.4 Å². The number of unbranched alkanes of at least 4 members (excludes halogenated alkanes) is 1. The van der Waals surface area contributed by atoms with E-state index >= 15 is 0 Å². The van der Waals surface area contributed by atoms with Crippen LogP contribution in [0.4, 0.5) is 4.79 Å². The maximum absolute atomic E-state index is 11.1. The quantitative estimate of drug-likeness (QED) is 0.288. The number of alkyl halides is 1. The summed E-state index contributed by atoms with van der Waals surface area (Å²) in [5.74, 6) is 0.163. The van der Waals surface area contributed by atoms with Crippen LogP contribution < -0.4 is 5.32 Å². The van der Waals surface area contributed by atoms with E-state index in [1.807, 2.05) is 0 Å². The maximum atomic E-state index is 11.1. The van der Waals surface area contributed by atoms with E-state index < -0.39 is 6.03 Å². The number of hydrogen-bond donors (Lipinski definition) is 2. The summed E-state index contributed by atoms with van der Waals surface area (Å²) in [6.07, 6.45) is 1.28. The molecular weight excluding hydrogens is 210 g/mol. The lowest BCUT2D eigenvalue weighted by Gasteiger charge is -2.12. The molecule has 6 nitrogen and oxygen atoms in total. The lowest BCUT2D eigenvalue weighted by molar-refractivity contribution is 0.201. The summed E-state index contributed by atoms with van der Waals surface area (Å²) in [5, 5.41) is 14.2. The summed E-state index contributed by atoms with van der Waals surface area (Å²) in [6, 6.07) is -0.557.